The summed E-state index contributed by atoms with van der Waals surface area (Å²) in [5.74, 6) is 0. The standard InChI is InChI=1S/C14H22O3/c1-4-12-7-5-6-8-13(12)14(11-16-3)17-10-9-15-2/h5-8,14H,4,9-11H2,1-3H3. The van der Waals surface area contributed by atoms with Crippen LogP contribution in [0.1, 0.15) is 24.2 Å². The van der Waals surface area contributed by atoms with Gasteiger partial charge in [-0.25, -0.2) is 0 Å². The molecule has 1 aromatic rings. The van der Waals surface area contributed by atoms with Crippen molar-refractivity contribution in [3.8, 4) is 0 Å². The molecule has 0 aliphatic rings. The van der Waals surface area contributed by atoms with Gasteiger partial charge >= 0.3 is 0 Å². The highest BCUT2D eigenvalue weighted by Crippen LogP contribution is 2.22. The van der Waals surface area contributed by atoms with E-state index in [1.165, 1.54) is 11.1 Å². The van der Waals surface area contributed by atoms with E-state index in [4.69, 9.17) is 14.2 Å². The van der Waals surface area contributed by atoms with Crippen molar-refractivity contribution in [1.82, 2.24) is 0 Å². The molecule has 0 amide bonds. The van der Waals surface area contributed by atoms with Crippen LogP contribution in [0, 0.1) is 0 Å². The number of methoxy groups -OCH3 is 2. The lowest BCUT2D eigenvalue weighted by Gasteiger charge is -2.20. The fraction of sp³-hybridized carbons (Fsp3) is 0.571. The van der Waals surface area contributed by atoms with Gasteiger partial charge in [-0.05, 0) is 17.5 Å². The Bertz CT molecular complexity index is 312. The van der Waals surface area contributed by atoms with E-state index >= 15 is 0 Å². The zero-order valence-corrected chi connectivity index (χ0v) is 10.9. The van der Waals surface area contributed by atoms with Gasteiger partial charge < -0.3 is 14.2 Å². The van der Waals surface area contributed by atoms with Crippen molar-refractivity contribution in [2.75, 3.05) is 34.0 Å². The highest BCUT2D eigenvalue weighted by molar-refractivity contribution is 5.29. The lowest BCUT2D eigenvalue weighted by Crippen LogP contribution is -2.15. The molecule has 0 fully saturated rings. The molecule has 0 saturated carbocycles. The molecule has 17 heavy (non-hydrogen) atoms. The minimum atomic E-state index is -0.00806. The summed E-state index contributed by atoms with van der Waals surface area (Å²) in [5, 5.41) is 0. The Labute approximate surface area is 104 Å². The van der Waals surface area contributed by atoms with Crippen LogP contribution in [0.3, 0.4) is 0 Å². The van der Waals surface area contributed by atoms with E-state index in [1.807, 2.05) is 6.07 Å². The summed E-state index contributed by atoms with van der Waals surface area (Å²) in [7, 11) is 3.37. The minimum absolute atomic E-state index is 0.00806. The highest BCUT2D eigenvalue weighted by Gasteiger charge is 2.14. The maximum absolute atomic E-state index is 5.80. The summed E-state index contributed by atoms with van der Waals surface area (Å²) in [4.78, 5) is 0. The van der Waals surface area contributed by atoms with Gasteiger partial charge in [0.25, 0.3) is 0 Å². The molecule has 0 N–H and O–H groups in total. The Morgan fingerprint density at radius 3 is 2.47 bits per heavy atom. The number of rotatable bonds is 8. The number of ether oxygens (including phenoxy) is 3. The van der Waals surface area contributed by atoms with Crippen LogP contribution in [-0.2, 0) is 20.6 Å². The van der Waals surface area contributed by atoms with Crippen LogP contribution in [0.2, 0.25) is 0 Å². The smallest absolute Gasteiger partial charge is 0.106 e. The summed E-state index contributed by atoms with van der Waals surface area (Å²) in [6.45, 7) is 3.91. The van der Waals surface area contributed by atoms with Gasteiger partial charge in [0.05, 0.1) is 19.8 Å². The predicted octanol–water partition coefficient (Wildman–Crippen LogP) is 2.60. The Hall–Kier alpha value is -0.900. The van der Waals surface area contributed by atoms with Crippen molar-refractivity contribution in [3.05, 3.63) is 35.4 Å². The molecule has 0 heterocycles. The Morgan fingerprint density at radius 1 is 1.06 bits per heavy atom. The highest BCUT2D eigenvalue weighted by atomic mass is 16.5. The fourth-order valence-corrected chi connectivity index (χ4v) is 1.82. The molecular formula is C14H22O3. The first-order valence-corrected chi connectivity index (χ1v) is 6.00. The number of hydrogen-bond donors (Lipinski definition) is 0. The molecule has 0 aliphatic heterocycles. The van der Waals surface area contributed by atoms with Gasteiger partial charge in [-0.2, -0.15) is 0 Å². The molecule has 0 spiro atoms. The number of benzene rings is 1. The monoisotopic (exact) mass is 238 g/mol. The minimum Gasteiger partial charge on any atom is -0.382 e. The maximum Gasteiger partial charge on any atom is 0.106 e. The fourth-order valence-electron chi connectivity index (χ4n) is 1.82. The van der Waals surface area contributed by atoms with Gasteiger partial charge in [-0.15, -0.1) is 0 Å². The first kappa shape index (κ1) is 14.2. The van der Waals surface area contributed by atoms with Crippen LogP contribution in [0.4, 0.5) is 0 Å². The van der Waals surface area contributed by atoms with Crippen LogP contribution in [0.5, 0.6) is 0 Å². The van der Waals surface area contributed by atoms with Crippen molar-refractivity contribution in [3.63, 3.8) is 0 Å². The van der Waals surface area contributed by atoms with Crippen LogP contribution in [-0.4, -0.2) is 34.0 Å². The molecule has 0 aliphatic carbocycles. The molecule has 0 radical (unpaired) electrons. The summed E-state index contributed by atoms with van der Waals surface area (Å²) in [5.41, 5.74) is 2.53. The third kappa shape index (κ3) is 4.46. The first-order chi connectivity index (χ1) is 8.33. The van der Waals surface area contributed by atoms with Crippen LogP contribution < -0.4 is 0 Å². The molecule has 1 atom stereocenters. The third-order valence-corrected chi connectivity index (χ3v) is 2.71. The van der Waals surface area contributed by atoms with Gasteiger partial charge in [0.2, 0.25) is 0 Å². The average molecular weight is 238 g/mol. The van der Waals surface area contributed by atoms with E-state index in [-0.39, 0.29) is 6.10 Å². The van der Waals surface area contributed by atoms with E-state index in [1.54, 1.807) is 14.2 Å². The molecule has 0 bridgehead atoms. The van der Waals surface area contributed by atoms with Crippen molar-refractivity contribution in [1.29, 1.82) is 0 Å². The summed E-state index contributed by atoms with van der Waals surface area (Å²) in [6.07, 6.45) is 0.996. The Kier molecular flexibility index (Phi) is 6.86. The third-order valence-electron chi connectivity index (χ3n) is 2.71. The summed E-state index contributed by atoms with van der Waals surface area (Å²) < 4.78 is 16.0. The number of aryl methyl sites for hydroxylation is 1. The van der Waals surface area contributed by atoms with Gasteiger partial charge in [-0.3, -0.25) is 0 Å². The van der Waals surface area contributed by atoms with Crippen molar-refractivity contribution >= 4 is 0 Å². The van der Waals surface area contributed by atoms with Crippen molar-refractivity contribution < 1.29 is 14.2 Å². The van der Waals surface area contributed by atoms with Crippen LogP contribution >= 0.6 is 0 Å². The largest absolute Gasteiger partial charge is 0.382 e. The lowest BCUT2D eigenvalue weighted by molar-refractivity contribution is -0.0234. The van der Waals surface area contributed by atoms with Crippen molar-refractivity contribution in [2.45, 2.75) is 19.4 Å². The van der Waals surface area contributed by atoms with Crippen molar-refractivity contribution in [2.24, 2.45) is 0 Å². The van der Waals surface area contributed by atoms with E-state index in [2.05, 4.69) is 25.1 Å². The second kappa shape index (κ2) is 8.23. The molecular weight excluding hydrogens is 216 g/mol. The summed E-state index contributed by atoms with van der Waals surface area (Å²) >= 11 is 0. The second-order valence-corrected chi connectivity index (χ2v) is 3.86. The van der Waals surface area contributed by atoms with Gasteiger partial charge in [0.1, 0.15) is 6.10 Å². The quantitative estimate of drug-likeness (QED) is 0.652. The molecule has 1 unspecified atom stereocenters. The van der Waals surface area contributed by atoms with Gasteiger partial charge in [-0.1, -0.05) is 31.2 Å². The van der Waals surface area contributed by atoms with Gasteiger partial charge in [0.15, 0.2) is 0 Å². The normalized spacial score (nSPS) is 12.6. The topological polar surface area (TPSA) is 27.7 Å². The van der Waals surface area contributed by atoms with E-state index in [0.29, 0.717) is 19.8 Å². The predicted molar refractivity (Wildman–Crippen MR) is 68.3 cm³/mol. The second-order valence-electron chi connectivity index (χ2n) is 3.86. The summed E-state index contributed by atoms with van der Waals surface area (Å²) in [6, 6.07) is 8.34. The van der Waals surface area contributed by atoms with Gasteiger partial charge in [0, 0.05) is 14.2 Å². The zero-order chi connectivity index (χ0) is 12.5. The Morgan fingerprint density at radius 2 is 1.82 bits per heavy atom. The van der Waals surface area contributed by atoms with E-state index in [0.717, 1.165) is 6.42 Å². The van der Waals surface area contributed by atoms with Crippen LogP contribution in [0.15, 0.2) is 24.3 Å². The SMILES string of the molecule is CCc1ccccc1C(COC)OCCOC. The first-order valence-electron chi connectivity index (χ1n) is 6.00. The number of hydrogen-bond acceptors (Lipinski definition) is 3. The van der Waals surface area contributed by atoms with E-state index < -0.39 is 0 Å². The molecule has 1 rings (SSSR count). The Balaban J connectivity index is 2.73. The molecule has 3 heteroatoms. The lowest BCUT2D eigenvalue weighted by atomic mass is 10.0. The molecule has 96 valence electrons. The zero-order valence-electron chi connectivity index (χ0n) is 10.9. The molecule has 1 aromatic carbocycles. The average Bonchev–Trinajstić information content (AvgIpc) is 2.38. The maximum atomic E-state index is 5.80. The molecule has 0 saturated heterocycles. The van der Waals surface area contributed by atoms with E-state index in [9.17, 15) is 0 Å². The van der Waals surface area contributed by atoms with Crippen LogP contribution in [0.25, 0.3) is 0 Å². The molecule has 3 nitrogen and oxygen atoms in total. The molecule has 0 aromatic heterocycles.